The van der Waals surface area contributed by atoms with Crippen molar-refractivity contribution in [2.75, 3.05) is 5.32 Å². The van der Waals surface area contributed by atoms with E-state index in [-0.39, 0.29) is 0 Å². The van der Waals surface area contributed by atoms with E-state index in [4.69, 9.17) is 0 Å². The van der Waals surface area contributed by atoms with E-state index in [2.05, 4.69) is 68.6 Å². The number of benzene rings is 1. The summed E-state index contributed by atoms with van der Waals surface area (Å²) < 4.78 is 3.36. The number of hydrogen-bond donors (Lipinski definition) is 1. The molecule has 0 bridgehead atoms. The van der Waals surface area contributed by atoms with Gasteiger partial charge in [0.25, 0.3) is 0 Å². The summed E-state index contributed by atoms with van der Waals surface area (Å²) in [4.78, 5) is 4.30. The Morgan fingerprint density at radius 2 is 2.06 bits per heavy atom. The monoisotopic (exact) mass is 327 g/mol. The molecule has 1 aromatic heterocycles. The van der Waals surface area contributed by atoms with Gasteiger partial charge in [0.1, 0.15) is 0 Å². The second kappa shape index (κ2) is 5.34. The Morgan fingerprint density at radius 1 is 1.31 bits per heavy atom. The minimum atomic E-state index is 0.906. The van der Waals surface area contributed by atoms with E-state index in [0.717, 1.165) is 24.6 Å². The summed E-state index contributed by atoms with van der Waals surface area (Å²) in [5, 5.41) is 3.31. The van der Waals surface area contributed by atoms with Crippen molar-refractivity contribution in [3.8, 4) is 0 Å². The van der Waals surface area contributed by atoms with Crippen LogP contribution in [-0.2, 0) is 6.54 Å². The average molecular weight is 327 g/mol. The number of hydrogen-bond acceptors (Lipinski definition) is 2. The predicted octanol–water partition coefficient (Wildman–Crippen LogP) is 3.64. The van der Waals surface area contributed by atoms with Crippen LogP contribution in [0.1, 0.15) is 13.3 Å². The molecule has 2 rings (SSSR count). The maximum Gasteiger partial charge on any atom is 0.207 e. The Balaban J connectivity index is 2.13. The van der Waals surface area contributed by atoms with Crippen molar-refractivity contribution in [3.05, 3.63) is 40.2 Å². The number of nitrogens with one attached hydrogen (secondary N) is 1. The van der Waals surface area contributed by atoms with Crippen molar-refractivity contribution in [1.29, 1.82) is 0 Å². The topological polar surface area (TPSA) is 29.9 Å². The zero-order valence-electron chi connectivity index (χ0n) is 9.15. The van der Waals surface area contributed by atoms with E-state index >= 15 is 0 Å². The normalized spacial score (nSPS) is 10.4. The zero-order valence-corrected chi connectivity index (χ0v) is 11.3. The van der Waals surface area contributed by atoms with Gasteiger partial charge in [0.15, 0.2) is 0 Å². The Hall–Kier alpha value is -1.04. The molecule has 4 heteroatoms. The molecule has 0 fully saturated rings. The molecule has 16 heavy (non-hydrogen) atoms. The van der Waals surface area contributed by atoms with E-state index < -0.39 is 0 Å². The van der Waals surface area contributed by atoms with Crippen molar-refractivity contribution < 1.29 is 0 Å². The van der Waals surface area contributed by atoms with Crippen LogP contribution in [0.25, 0.3) is 0 Å². The van der Waals surface area contributed by atoms with Crippen LogP contribution < -0.4 is 5.32 Å². The van der Waals surface area contributed by atoms with Crippen molar-refractivity contribution in [2.45, 2.75) is 19.9 Å². The molecular formula is C12H14IN3. The third-order valence-electron chi connectivity index (χ3n) is 2.28. The van der Waals surface area contributed by atoms with Gasteiger partial charge in [0.2, 0.25) is 5.95 Å². The molecule has 0 radical (unpaired) electrons. The van der Waals surface area contributed by atoms with Gasteiger partial charge < -0.3 is 9.88 Å². The van der Waals surface area contributed by atoms with Crippen LogP contribution in [-0.4, -0.2) is 9.55 Å². The molecular weight excluding hydrogens is 313 g/mol. The Bertz CT molecular complexity index is 448. The van der Waals surface area contributed by atoms with E-state index in [0.29, 0.717) is 0 Å². The number of nitrogens with zero attached hydrogens (tertiary/aromatic N) is 2. The van der Waals surface area contributed by atoms with E-state index in [1.165, 1.54) is 3.57 Å². The highest BCUT2D eigenvalue weighted by Crippen LogP contribution is 2.16. The molecule has 3 nitrogen and oxygen atoms in total. The molecule has 0 saturated carbocycles. The summed E-state index contributed by atoms with van der Waals surface area (Å²) in [6.07, 6.45) is 4.93. The highest BCUT2D eigenvalue weighted by molar-refractivity contribution is 14.1. The van der Waals surface area contributed by atoms with Crippen LogP contribution >= 0.6 is 22.6 Å². The van der Waals surface area contributed by atoms with Gasteiger partial charge in [-0.15, -0.1) is 0 Å². The maximum absolute atomic E-state index is 4.30. The van der Waals surface area contributed by atoms with Crippen LogP contribution in [0, 0.1) is 3.57 Å². The van der Waals surface area contributed by atoms with Crippen LogP contribution in [0.2, 0.25) is 0 Å². The Labute approximate surface area is 109 Å². The van der Waals surface area contributed by atoms with E-state index in [1.54, 1.807) is 0 Å². The fourth-order valence-corrected chi connectivity index (χ4v) is 1.88. The molecule has 1 aromatic carbocycles. The molecule has 2 aromatic rings. The highest BCUT2D eigenvalue weighted by Gasteiger charge is 2.01. The first kappa shape index (κ1) is 11.4. The first-order chi connectivity index (χ1) is 7.79. The smallest absolute Gasteiger partial charge is 0.207 e. The summed E-state index contributed by atoms with van der Waals surface area (Å²) in [6.45, 7) is 3.15. The van der Waals surface area contributed by atoms with Crippen LogP contribution in [0.5, 0.6) is 0 Å². The second-order valence-corrected chi connectivity index (χ2v) is 4.82. The molecule has 0 atom stereocenters. The molecule has 0 unspecified atom stereocenters. The van der Waals surface area contributed by atoms with Crippen molar-refractivity contribution in [2.24, 2.45) is 0 Å². The Kier molecular flexibility index (Phi) is 3.82. The highest BCUT2D eigenvalue weighted by atomic mass is 127. The minimum Gasteiger partial charge on any atom is -0.326 e. The van der Waals surface area contributed by atoms with Gasteiger partial charge in [-0.3, -0.25) is 0 Å². The van der Waals surface area contributed by atoms with Crippen LogP contribution in [0.3, 0.4) is 0 Å². The summed E-state index contributed by atoms with van der Waals surface area (Å²) in [6, 6.07) is 8.28. The molecule has 0 aliphatic rings. The van der Waals surface area contributed by atoms with E-state index in [1.807, 2.05) is 12.4 Å². The molecule has 0 spiro atoms. The number of aryl methyl sites for hydroxylation is 1. The van der Waals surface area contributed by atoms with Crippen molar-refractivity contribution >= 4 is 34.2 Å². The molecule has 0 saturated heterocycles. The maximum atomic E-state index is 4.30. The fraction of sp³-hybridized carbons (Fsp3) is 0.250. The first-order valence-corrected chi connectivity index (χ1v) is 6.41. The van der Waals surface area contributed by atoms with Gasteiger partial charge in [-0.25, -0.2) is 4.98 Å². The second-order valence-electron chi connectivity index (χ2n) is 3.58. The molecule has 84 valence electrons. The Morgan fingerprint density at radius 3 is 2.75 bits per heavy atom. The van der Waals surface area contributed by atoms with Gasteiger partial charge in [0.05, 0.1) is 0 Å². The number of aromatic nitrogens is 2. The third-order valence-corrected chi connectivity index (χ3v) is 3.00. The lowest BCUT2D eigenvalue weighted by Crippen LogP contribution is -2.02. The summed E-state index contributed by atoms with van der Waals surface area (Å²) >= 11 is 2.30. The van der Waals surface area contributed by atoms with Gasteiger partial charge in [-0.05, 0) is 53.3 Å². The third kappa shape index (κ3) is 2.75. The van der Waals surface area contributed by atoms with Crippen molar-refractivity contribution in [3.63, 3.8) is 0 Å². The zero-order chi connectivity index (χ0) is 11.4. The van der Waals surface area contributed by atoms with Crippen LogP contribution in [0.4, 0.5) is 11.6 Å². The summed E-state index contributed by atoms with van der Waals surface area (Å²) in [7, 11) is 0. The number of anilines is 2. The minimum absolute atomic E-state index is 0.906. The summed E-state index contributed by atoms with van der Waals surface area (Å²) in [5.41, 5.74) is 1.07. The largest absolute Gasteiger partial charge is 0.326 e. The van der Waals surface area contributed by atoms with E-state index in [9.17, 15) is 0 Å². The molecule has 0 aliphatic carbocycles. The number of halogens is 1. The quantitative estimate of drug-likeness (QED) is 0.869. The fourth-order valence-electron chi connectivity index (χ4n) is 1.52. The lowest BCUT2D eigenvalue weighted by molar-refractivity contribution is 0.686. The van der Waals surface area contributed by atoms with Crippen molar-refractivity contribution in [1.82, 2.24) is 9.55 Å². The lowest BCUT2D eigenvalue weighted by atomic mass is 10.3. The molecule has 0 amide bonds. The standard InChI is InChI=1S/C12H14IN3/c1-2-8-16-9-7-14-12(16)15-11-5-3-10(13)4-6-11/h3-7,9H,2,8H2,1H3,(H,14,15). The van der Waals surface area contributed by atoms with Gasteiger partial charge in [0, 0.05) is 28.2 Å². The van der Waals surface area contributed by atoms with Crippen LogP contribution in [0.15, 0.2) is 36.7 Å². The van der Waals surface area contributed by atoms with Gasteiger partial charge >= 0.3 is 0 Å². The molecule has 1 heterocycles. The SMILES string of the molecule is CCCn1ccnc1Nc1ccc(I)cc1. The number of rotatable bonds is 4. The van der Waals surface area contributed by atoms with Gasteiger partial charge in [-0.2, -0.15) is 0 Å². The predicted molar refractivity (Wildman–Crippen MR) is 75.0 cm³/mol. The summed E-state index contributed by atoms with van der Waals surface area (Å²) in [5.74, 6) is 0.906. The average Bonchev–Trinajstić information content (AvgIpc) is 2.70. The number of imidazole rings is 1. The first-order valence-electron chi connectivity index (χ1n) is 5.33. The van der Waals surface area contributed by atoms with Gasteiger partial charge in [-0.1, -0.05) is 6.92 Å². The lowest BCUT2D eigenvalue weighted by Gasteiger charge is -2.08. The molecule has 0 aliphatic heterocycles. The molecule has 1 N–H and O–H groups in total.